The minimum absolute atomic E-state index is 0.0294. The number of aliphatic hydroxyl groups excluding tert-OH is 2. The number of aliphatic hydroxyl groups is 2. The second-order valence-electron chi connectivity index (χ2n) is 31.7. The third-order valence-corrected chi connectivity index (χ3v) is 35.8. The van der Waals surface area contributed by atoms with E-state index in [1.807, 2.05) is 62.8 Å². The van der Waals surface area contributed by atoms with Gasteiger partial charge in [-0.25, -0.2) is 0 Å². The van der Waals surface area contributed by atoms with E-state index in [9.17, 15) is 28.2 Å². The van der Waals surface area contributed by atoms with E-state index in [4.69, 9.17) is 54.9 Å². The van der Waals surface area contributed by atoms with Crippen molar-refractivity contribution < 1.29 is 59.9 Å². The molecular weight excluding hydrogens is 1390 g/mol. The molecule has 1 fully saturated rings. The molecule has 10 rings (SSSR count). The summed E-state index contributed by atoms with van der Waals surface area (Å²) in [4.78, 5) is 42.3. The molecule has 1 aromatic carbocycles. The first kappa shape index (κ1) is 87.3. The lowest BCUT2D eigenvalue weighted by Gasteiger charge is -2.39. The highest BCUT2D eigenvalue weighted by Gasteiger charge is 2.45. The number of hydrogen-bond acceptors (Lipinski definition) is 17. The van der Waals surface area contributed by atoms with Gasteiger partial charge in [0.05, 0.1) is 89.1 Å². The van der Waals surface area contributed by atoms with Gasteiger partial charge in [0.15, 0.2) is 25.0 Å². The van der Waals surface area contributed by atoms with Gasteiger partial charge in [-0.15, -0.1) is 23.2 Å². The van der Waals surface area contributed by atoms with Crippen molar-refractivity contribution in [1.82, 2.24) is 19.9 Å². The lowest BCUT2D eigenvalue weighted by Crippen LogP contribution is -2.42. The molecule has 5 aliphatic rings. The van der Waals surface area contributed by atoms with Crippen molar-refractivity contribution in [1.29, 1.82) is 0 Å². The van der Waals surface area contributed by atoms with Crippen molar-refractivity contribution in [2.75, 3.05) is 45.0 Å². The summed E-state index contributed by atoms with van der Waals surface area (Å²) < 4.78 is 66.2. The zero-order valence-electron chi connectivity index (χ0n) is 64.0. The smallest absolute Gasteiger partial charge is 0.309 e. The molecule has 4 aliphatic carbocycles. The quantitative estimate of drug-likeness (QED) is 0.0327. The van der Waals surface area contributed by atoms with Crippen LogP contribution >= 0.6 is 23.2 Å². The first-order valence-electron chi connectivity index (χ1n) is 36.5. The number of ether oxygens (including phenoxy) is 3. The fraction of sp³-hybridized carbons (Fsp3) is 0.641. The maximum absolute atomic E-state index is 12.7. The number of carbonyl (C=O) groups is 2. The molecule has 0 unspecified atom stereocenters. The number of alkyl halides is 2. The maximum atomic E-state index is 12.7. The molecule has 23 heteroatoms. The summed E-state index contributed by atoms with van der Waals surface area (Å²) in [6.07, 6.45) is 18.3. The maximum Gasteiger partial charge on any atom is 0.309 e. The number of rotatable bonds is 15. The molecular formula is C78H122Cl2N4O13SSi3. The number of nitrogens with zero attached hydrogens (tertiary/aromatic N) is 4. The number of benzene rings is 1. The average Bonchev–Trinajstić information content (AvgIpc) is 1.79. The van der Waals surface area contributed by atoms with Crippen molar-refractivity contribution >= 4 is 70.2 Å². The second-order valence-corrected chi connectivity index (χ2v) is 48.4. The molecule has 0 radical (unpaired) electrons. The number of carbonyl (C=O) groups excluding carboxylic acids is 2. The summed E-state index contributed by atoms with van der Waals surface area (Å²) in [7, 11) is -9.61. The van der Waals surface area contributed by atoms with Crippen LogP contribution in [0.4, 0.5) is 0 Å². The Kier molecular flexibility index (Phi) is 34.9. The van der Waals surface area contributed by atoms with E-state index in [2.05, 4.69) is 140 Å². The van der Waals surface area contributed by atoms with Crippen LogP contribution in [0.5, 0.6) is 0 Å². The van der Waals surface area contributed by atoms with Gasteiger partial charge in [0.25, 0.3) is 10.1 Å². The Bertz CT molecular complexity index is 3430. The molecule has 17 nitrogen and oxygen atoms in total. The van der Waals surface area contributed by atoms with Crippen LogP contribution in [0.15, 0.2) is 102 Å². The predicted octanol–water partition coefficient (Wildman–Crippen LogP) is 18.4. The Hall–Kier alpha value is -4.34. The Balaban J connectivity index is 0.000000238. The van der Waals surface area contributed by atoms with Crippen LogP contribution in [0.25, 0.3) is 0 Å². The highest BCUT2D eigenvalue weighted by atomic mass is 35.5. The van der Waals surface area contributed by atoms with Crippen LogP contribution in [-0.2, 0) is 77.1 Å². The van der Waals surface area contributed by atoms with E-state index in [1.54, 1.807) is 37.4 Å². The second kappa shape index (κ2) is 40.4. The molecule has 0 spiro atoms. The van der Waals surface area contributed by atoms with Crippen molar-refractivity contribution in [2.45, 2.75) is 257 Å². The molecule has 8 atom stereocenters. The SMILES string of the molecule is C1CCOC1.CC(C)(C)[Si](C)(C)O[C@H]1C[C@H](CO)CCc2cccnc21.CCOC(=O)[C@@H]1CCc2cccnc2[C@@H](O)C1.CCOC(=O)[C@@H]1CCc2cccnc2[C@@H](O[Si](C)(C)C(C)(C)C)C1.Cc1ccc(S(=O)(=O)OC[C@@H]2CCc3cccnc3[C@@H](O[Si](C)(C)C(C)(C)C)C2)cc1.ClCCl. The molecule has 2 N–H and O–H groups in total. The Labute approximate surface area is 619 Å². The molecule has 1 saturated heterocycles. The monoisotopic (exact) mass is 1510 g/mol. The molecule has 101 heavy (non-hydrogen) atoms. The van der Waals surface area contributed by atoms with Crippen molar-refractivity contribution in [2.24, 2.45) is 23.7 Å². The lowest BCUT2D eigenvalue weighted by atomic mass is 9.99. The zero-order valence-corrected chi connectivity index (χ0v) is 69.4. The van der Waals surface area contributed by atoms with Crippen LogP contribution in [0.1, 0.15) is 215 Å². The van der Waals surface area contributed by atoms with Crippen molar-refractivity contribution in [3.05, 3.63) is 148 Å². The van der Waals surface area contributed by atoms with E-state index in [1.165, 1.54) is 29.5 Å². The summed E-state index contributed by atoms with van der Waals surface area (Å²) in [6.45, 7) is 42.5. The molecule has 564 valence electrons. The molecule has 1 aliphatic heterocycles. The summed E-state index contributed by atoms with van der Waals surface area (Å²) in [5, 5.41) is 20.2. The van der Waals surface area contributed by atoms with E-state index >= 15 is 0 Å². The molecule has 5 aromatic rings. The number of aryl methyl sites for hydroxylation is 5. The van der Waals surface area contributed by atoms with Gasteiger partial charge in [-0.1, -0.05) is 104 Å². The van der Waals surface area contributed by atoms with Gasteiger partial charge in [-0.3, -0.25) is 33.7 Å². The van der Waals surface area contributed by atoms with E-state index in [0.717, 1.165) is 92.8 Å². The van der Waals surface area contributed by atoms with Crippen LogP contribution < -0.4 is 0 Å². The van der Waals surface area contributed by atoms with E-state index in [-0.39, 0.29) is 86.6 Å². The highest BCUT2D eigenvalue weighted by molar-refractivity contribution is 7.86. The standard InChI is InChI=1S/C24H35NO4SSi.C19H31NO3Si.C17H29NO2Si.C13H17NO3.C4H8O.CH2Cl2/c1-18-9-13-21(14-10-18)30(26,27)28-17-19-11-12-20-8-7-15-25-23(20)22(16-19)29-31(5,6)24(2,3)4;1-7-22-18(21)15-11-10-14-9-8-12-20-17(14)16(13-15)23-24(5,6)19(2,3)4;1-17(2,3)21(4,5)20-15-11-13(12-19)8-9-14-7-6-10-18-16(14)15;1-2-17-13(16)10-6-5-9-4-3-7-14-12(9)11(15)8-10;1-2-4-5-3-1;2-1-3/h7-10,13-15,19,22H,11-12,16-17H2,1-6H3;8-9,12,15-16H,7,10-11,13H2,1-6H3;6-7,10,13,15,19H,8-9,11-12H2,1-5H3;3-4,7,10-11,15H,2,5-6,8H2,1H3;1-4H2;1H2/t19-,22+;15-,16+;13-,15+;10-,11+;;/m1111../s1. The number of fused-ring (bicyclic) bond motifs is 4. The fourth-order valence-electron chi connectivity index (χ4n) is 11.9. The minimum atomic E-state index is -3.78. The number of esters is 2. The van der Waals surface area contributed by atoms with Gasteiger partial charge in [-0.05, 0) is 236 Å². The average molecular weight is 1510 g/mol. The fourth-order valence-corrected chi connectivity index (χ4v) is 16.7. The molecule has 4 aromatic heterocycles. The molecule has 5 heterocycles. The van der Waals surface area contributed by atoms with Crippen LogP contribution in [0.3, 0.4) is 0 Å². The van der Waals surface area contributed by atoms with Gasteiger partial charge < -0.3 is 37.7 Å². The van der Waals surface area contributed by atoms with Crippen LogP contribution in [-0.4, -0.2) is 120 Å². The normalized spacial score (nSPS) is 21.6. The summed E-state index contributed by atoms with van der Waals surface area (Å²) in [6, 6.07) is 22.9. The van der Waals surface area contributed by atoms with Gasteiger partial charge in [0.1, 0.15) is 0 Å². The number of hydrogen-bond donors (Lipinski definition) is 2. The van der Waals surface area contributed by atoms with E-state index in [0.29, 0.717) is 50.5 Å². The van der Waals surface area contributed by atoms with Crippen LogP contribution in [0.2, 0.25) is 54.4 Å². The molecule has 0 amide bonds. The summed E-state index contributed by atoms with van der Waals surface area (Å²) >= 11 is 9.53. The summed E-state index contributed by atoms with van der Waals surface area (Å²) in [5.41, 5.74) is 9.54. The Morgan fingerprint density at radius 3 is 1.25 bits per heavy atom. The van der Waals surface area contributed by atoms with Gasteiger partial charge in [-0.2, -0.15) is 8.42 Å². The third-order valence-electron chi connectivity index (χ3n) is 21.0. The lowest BCUT2D eigenvalue weighted by molar-refractivity contribution is -0.150. The first-order chi connectivity index (χ1) is 47.4. The first-order valence-corrected chi connectivity index (χ1v) is 47.7. The van der Waals surface area contributed by atoms with Crippen LogP contribution in [0, 0.1) is 30.6 Å². The van der Waals surface area contributed by atoms with Crippen molar-refractivity contribution in [3.8, 4) is 0 Å². The van der Waals surface area contributed by atoms with Gasteiger partial charge in [0.2, 0.25) is 0 Å². The number of pyridine rings is 4. The predicted molar refractivity (Wildman–Crippen MR) is 412 cm³/mol. The van der Waals surface area contributed by atoms with Crippen molar-refractivity contribution in [3.63, 3.8) is 0 Å². The van der Waals surface area contributed by atoms with E-state index < -0.39 is 41.2 Å². The topological polar surface area (TPSA) is 225 Å². The molecule has 0 saturated carbocycles. The summed E-state index contributed by atoms with van der Waals surface area (Å²) in [5.74, 6) is -0.264. The largest absolute Gasteiger partial charge is 0.466 e. The number of halogens is 2. The zero-order chi connectivity index (χ0) is 75.0. The highest BCUT2D eigenvalue weighted by Crippen LogP contribution is 2.47. The Morgan fingerprint density at radius 2 is 0.881 bits per heavy atom. The molecule has 0 bridgehead atoms. The minimum Gasteiger partial charge on any atom is -0.466 e. The third kappa shape index (κ3) is 26.9. The van der Waals surface area contributed by atoms with Gasteiger partial charge in [0, 0.05) is 44.6 Å². The Morgan fingerprint density at radius 1 is 0.535 bits per heavy atom. The number of aromatic nitrogens is 4. The van der Waals surface area contributed by atoms with Gasteiger partial charge >= 0.3 is 11.9 Å².